The fourth-order valence-electron chi connectivity index (χ4n) is 0.998. The number of nitrogens with one attached hydrogen (secondary N) is 2. The molecule has 0 spiro atoms. The van der Waals surface area contributed by atoms with Crippen molar-refractivity contribution in [3.8, 4) is 0 Å². The van der Waals surface area contributed by atoms with Gasteiger partial charge >= 0.3 is 0 Å². The first-order valence-electron chi connectivity index (χ1n) is 3.86. The van der Waals surface area contributed by atoms with E-state index in [1.165, 1.54) is 17.6 Å². The van der Waals surface area contributed by atoms with Crippen molar-refractivity contribution in [1.82, 2.24) is 10.2 Å². The SMILES string of the molecule is CC(CS(C)(=O)=O)Nc1n[nH]c(=S)s1. The second kappa shape index (κ2) is 4.37. The molecule has 1 heterocycles. The van der Waals surface area contributed by atoms with Crippen molar-refractivity contribution >= 4 is 38.5 Å². The summed E-state index contributed by atoms with van der Waals surface area (Å²) in [5.74, 6) is 0.0827. The van der Waals surface area contributed by atoms with Crippen LogP contribution in [0.3, 0.4) is 0 Å². The van der Waals surface area contributed by atoms with E-state index >= 15 is 0 Å². The summed E-state index contributed by atoms with van der Waals surface area (Å²) < 4.78 is 22.5. The van der Waals surface area contributed by atoms with Crippen molar-refractivity contribution < 1.29 is 8.42 Å². The Labute approximate surface area is 91.5 Å². The Kier molecular flexibility index (Phi) is 3.62. The third-order valence-corrected chi connectivity index (χ3v) is 3.49. The lowest BCUT2D eigenvalue weighted by atomic mass is 10.4. The van der Waals surface area contributed by atoms with E-state index in [9.17, 15) is 8.42 Å². The lowest BCUT2D eigenvalue weighted by Gasteiger charge is -2.10. The third-order valence-electron chi connectivity index (χ3n) is 1.36. The summed E-state index contributed by atoms with van der Waals surface area (Å²) in [7, 11) is -2.96. The zero-order valence-corrected chi connectivity index (χ0v) is 10.2. The van der Waals surface area contributed by atoms with Crippen LogP contribution in [0, 0.1) is 3.95 Å². The maximum atomic E-state index is 11.0. The highest BCUT2D eigenvalue weighted by Gasteiger charge is 2.11. The minimum atomic E-state index is -2.96. The Bertz CT molecular complexity index is 447. The molecule has 1 atom stereocenters. The monoisotopic (exact) mass is 253 g/mol. The Balaban J connectivity index is 2.58. The molecule has 0 bridgehead atoms. The zero-order chi connectivity index (χ0) is 10.8. The molecular weight excluding hydrogens is 242 g/mol. The van der Waals surface area contributed by atoms with E-state index in [-0.39, 0.29) is 11.8 Å². The normalized spacial score (nSPS) is 13.9. The number of anilines is 1. The molecule has 0 saturated carbocycles. The molecular formula is C6H11N3O2S3. The van der Waals surface area contributed by atoms with Crippen molar-refractivity contribution in [2.75, 3.05) is 17.3 Å². The van der Waals surface area contributed by atoms with Crippen LogP contribution < -0.4 is 5.32 Å². The van der Waals surface area contributed by atoms with Gasteiger partial charge in [-0.2, -0.15) is 0 Å². The van der Waals surface area contributed by atoms with Crippen LogP contribution in [0.1, 0.15) is 6.92 Å². The maximum absolute atomic E-state index is 11.0. The first kappa shape index (κ1) is 11.6. The smallest absolute Gasteiger partial charge is 0.204 e. The van der Waals surface area contributed by atoms with Crippen molar-refractivity contribution in [2.24, 2.45) is 0 Å². The molecule has 14 heavy (non-hydrogen) atoms. The molecule has 1 unspecified atom stereocenters. The minimum absolute atomic E-state index is 0.0827. The number of rotatable bonds is 4. The topological polar surface area (TPSA) is 74.8 Å². The van der Waals surface area contributed by atoms with Crippen LogP contribution in [0.4, 0.5) is 5.13 Å². The van der Waals surface area contributed by atoms with Crippen molar-refractivity contribution in [3.05, 3.63) is 3.95 Å². The molecule has 1 rings (SSSR count). The van der Waals surface area contributed by atoms with Gasteiger partial charge in [0.05, 0.1) is 5.75 Å². The first-order valence-corrected chi connectivity index (χ1v) is 7.15. The maximum Gasteiger partial charge on any atom is 0.204 e. The molecule has 0 aliphatic heterocycles. The van der Waals surface area contributed by atoms with E-state index in [0.29, 0.717) is 9.09 Å². The first-order chi connectivity index (χ1) is 6.37. The van der Waals surface area contributed by atoms with Gasteiger partial charge in [0, 0.05) is 12.3 Å². The Morgan fingerprint density at radius 1 is 1.71 bits per heavy atom. The standard InChI is InChI=1S/C6H11N3O2S3/c1-4(3-14(2,10)11)7-5-8-9-6(12)13-5/h4H,3H2,1-2H3,(H,7,8)(H,9,12). The second-order valence-electron chi connectivity index (χ2n) is 3.06. The van der Waals surface area contributed by atoms with Gasteiger partial charge in [-0.3, -0.25) is 5.10 Å². The molecule has 1 aromatic rings. The highest BCUT2D eigenvalue weighted by molar-refractivity contribution is 7.90. The van der Waals surface area contributed by atoms with E-state index in [1.54, 1.807) is 6.92 Å². The highest BCUT2D eigenvalue weighted by atomic mass is 32.2. The van der Waals surface area contributed by atoms with Crippen LogP contribution >= 0.6 is 23.6 Å². The van der Waals surface area contributed by atoms with Crippen LogP contribution in [0.25, 0.3) is 0 Å². The molecule has 0 amide bonds. The fraction of sp³-hybridized carbons (Fsp3) is 0.667. The largest absolute Gasteiger partial charge is 0.357 e. The summed E-state index contributed by atoms with van der Waals surface area (Å²) in [6.45, 7) is 1.78. The van der Waals surface area contributed by atoms with Gasteiger partial charge in [-0.1, -0.05) is 11.3 Å². The average molecular weight is 253 g/mol. The number of aromatic amines is 1. The van der Waals surface area contributed by atoms with Crippen LogP contribution in [-0.4, -0.2) is 36.7 Å². The number of H-pyrrole nitrogens is 1. The Hall–Kier alpha value is -0.470. The average Bonchev–Trinajstić information content (AvgIpc) is 2.30. The third kappa shape index (κ3) is 4.16. The predicted molar refractivity (Wildman–Crippen MR) is 60.1 cm³/mol. The molecule has 5 nitrogen and oxygen atoms in total. The highest BCUT2D eigenvalue weighted by Crippen LogP contribution is 2.12. The molecule has 0 aliphatic carbocycles. The summed E-state index contributed by atoms with van der Waals surface area (Å²) in [6.07, 6.45) is 1.21. The number of hydrogen-bond donors (Lipinski definition) is 2. The van der Waals surface area contributed by atoms with Crippen LogP contribution in [-0.2, 0) is 9.84 Å². The summed E-state index contributed by atoms with van der Waals surface area (Å²) in [4.78, 5) is 0. The van der Waals surface area contributed by atoms with Crippen LogP contribution in [0.15, 0.2) is 0 Å². The molecule has 1 aromatic heterocycles. The lowest BCUT2D eigenvalue weighted by molar-refractivity contribution is 0.598. The zero-order valence-electron chi connectivity index (χ0n) is 7.77. The van der Waals surface area contributed by atoms with E-state index in [1.807, 2.05) is 0 Å². The van der Waals surface area contributed by atoms with Gasteiger partial charge in [0.25, 0.3) is 0 Å². The van der Waals surface area contributed by atoms with E-state index in [0.717, 1.165) is 0 Å². The van der Waals surface area contributed by atoms with Gasteiger partial charge in [0.1, 0.15) is 9.84 Å². The lowest BCUT2D eigenvalue weighted by Crippen LogP contribution is -2.24. The molecule has 8 heteroatoms. The van der Waals surface area contributed by atoms with Crippen LogP contribution in [0.5, 0.6) is 0 Å². The molecule has 0 saturated heterocycles. The number of aromatic nitrogens is 2. The summed E-state index contributed by atoms with van der Waals surface area (Å²) in [6, 6.07) is -0.168. The summed E-state index contributed by atoms with van der Waals surface area (Å²) >= 11 is 6.12. The van der Waals surface area contributed by atoms with Gasteiger partial charge in [-0.25, -0.2) is 8.42 Å². The van der Waals surface area contributed by atoms with Gasteiger partial charge < -0.3 is 5.32 Å². The predicted octanol–water partition coefficient (Wildman–Crippen LogP) is 1.05. The molecule has 0 aliphatic rings. The second-order valence-corrected chi connectivity index (χ2v) is 6.91. The van der Waals surface area contributed by atoms with Crippen molar-refractivity contribution in [3.63, 3.8) is 0 Å². The summed E-state index contributed by atoms with van der Waals surface area (Å²) in [5.41, 5.74) is 0. The number of hydrogen-bond acceptors (Lipinski definition) is 6. The molecule has 80 valence electrons. The van der Waals surface area contributed by atoms with Gasteiger partial charge in [-0.15, -0.1) is 5.10 Å². The molecule has 0 aromatic carbocycles. The quantitative estimate of drug-likeness (QED) is 0.784. The van der Waals surface area contributed by atoms with Gasteiger partial charge in [0.2, 0.25) is 5.13 Å². The summed E-state index contributed by atoms with van der Waals surface area (Å²) in [5, 5.41) is 10.0. The van der Waals surface area contributed by atoms with Crippen molar-refractivity contribution in [1.29, 1.82) is 0 Å². The fourth-order valence-corrected chi connectivity index (χ4v) is 2.89. The van der Waals surface area contributed by atoms with E-state index < -0.39 is 9.84 Å². The molecule has 2 N–H and O–H groups in total. The van der Waals surface area contributed by atoms with Gasteiger partial charge in [0.15, 0.2) is 3.95 Å². The number of sulfone groups is 1. The van der Waals surface area contributed by atoms with E-state index in [4.69, 9.17) is 12.2 Å². The van der Waals surface area contributed by atoms with Crippen LogP contribution in [0.2, 0.25) is 0 Å². The minimum Gasteiger partial charge on any atom is -0.357 e. The number of nitrogens with zero attached hydrogens (tertiary/aromatic N) is 1. The van der Waals surface area contributed by atoms with Crippen molar-refractivity contribution in [2.45, 2.75) is 13.0 Å². The molecule has 0 fully saturated rings. The Morgan fingerprint density at radius 3 is 2.79 bits per heavy atom. The Morgan fingerprint density at radius 2 is 2.36 bits per heavy atom. The van der Waals surface area contributed by atoms with E-state index in [2.05, 4.69) is 15.5 Å². The van der Waals surface area contributed by atoms with Gasteiger partial charge in [-0.05, 0) is 19.1 Å². The molecule has 0 radical (unpaired) electrons.